The highest BCUT2D eigenvalue weighted by atomic mass is 32.1. The number of benzene rings is 4. The summed E-state index contributed by atoms with van der Waals surface area (Å²) in [6, 6.07) is 41.9. The number of rotatable bonds is 4. The summed E-state index contributed by atoms with van der Waals surface area (Å²) < 4.78 is 4.52. The molecule has 4 heterocycles. The van der Waals surface area contributed by atoms with Gasteiger partial charge in [-0.2, -0.15) is 0 Å². The zero-order chi connectivity index (χ0) is 28.5. The topological polar surface area (TPSA) is 14.2 Å². The maximum atomic E-state index is 5.68. The van der Waals surface area contributed by atoms with Crippen molar-refractivity contribution in [3.05, 3.63) is 121 Å². The molecule has 208 valence electrons. The summed E-state index contributed by atoms with van der Waals surface area (Å²) in [4.78, 5) is 7.10. The SMILES string of the molecule is [S-]c1c(-c2ccccc2)sc2[n+]1CCN2c1ccccc1.[S-]c1c(-c2ccccc2)sc2[n+]1CCN2c1ccccc1. The van der Waals surface area contributed by atoms with Gasteiger partial charge >= 0.3 is 10.3 Å². The maximum absolute atomic E-state index is 5.68. The Bertz CT molecular complexity index is 1670. The number of thiazole rings is 2. The molecule has 0 radical (unpaired) electrons. The van der Waals surface area contributed by atoms with E-state index in [9.17, 15) is 0 Å². The van der Waals surface area contributed by atoms with Crippen LogP contribution in [0.25, 0.3) is 20.9 Å². The molecule has 0 bridgehead atoms. The van der Waals surface area contributed by atoms with E-state index in [4.69, 9.17) is 25.3 Å². The molecule has 6 aromatic rings. The molecule has 0 atom stereocenters. The Labute approximate surface area is 265 Å². The molecular formula is C34H28N4S4. The average Bonchev–Trinajstić information content (AvgIpc) is 3.82. The van der Waals surface area contributed by atoms with Gasteiger partial charge in [-0.05, 0) is 58.1 Å². The number of nitrogens with zero attached hydrogens (tertiary/aromatic N) is 4. The van der Waals surface area contributed by atoms with Gasteiger partial charge in [0.1, 0.15) is 37.6 Å². The standard InChI is InChI=1S/2C17H14N2S2/c2*20-16-15(13-7-3-1-4-8-13)21-17-18(11-12-19(16)17)14-9-5-2-6-10-14/h2*1-10H,11-12H2. The van der Waals surface area contributed by atoms with E-state index in [0.29, 0.717) is 0 Å². The highest BCUT2D eigenvalue weighted by molar-refractivity contribution is 7.59. The van der Waals surface area contributed by atoms with E-state index < -0.39 is 0 Å². The first kappa shape index (κ1) is 27.0. The highest BCUT2D eigenvalue weighted by Gasteiger charge is 2.34. The molecule has 0 fully saturated rings. The summed E-state index contributed by atoms with van der Waals surface area (Å²) in [5.74, 6) is 0. The molecule has 0 spiro atoms. The summed E-state index contributed by atoms with van der Waals surface area (Å²) in [6.07, 6.45) is 0. The monoisotopic (exact) mass is 620 g/mol. The number of hydrogen-bond donors (Lipinski definition) is 0. The fourth-order valence-electron chi connectivity index (χ4n) is 5.43. The third kappa shape index (κ3) is 5.05. The van der Waals surface area contributed by atoms with Crippen LogP contribution >= 0.6 is 22.7 Å². The minimum absolute atomic E-state index is 0.958. The smallest absolute Gasteiger partial charge is 0.340 e. The molecular weight excluding hydrogens is 593 g/mol. The lowest BCUT2D eigenvalue weighted by atomic mass is 10.2. The van der Waals surface area contributed by atoms with Crippen LogP contribution in [-0.2, 0) is 38.3 Å². The van der Waals surface area contributed by atoms with E-state index >= 15 is 0 Å². The van der Waals surface area contributed by atoms with Gasteiger partial charge in [0.15, 0.2) is 0 Å². The van der Waals surface area contributed by atoms with Gasteiger partial charge in [-0.3, -0.25) is 0 Å². The second kappa shape index (κ2) is 11.8. The van der Waals surface area contributed by atoms with Gasteiger partial charge in [0.25, 0.3) is 0 Å². The minimum atomic E-state index is 0.958. The summed E-state index contributed by atoms with van der Waals surface area (Å²) in [6.45, 7) is 3.92. The first-order valence-electron chi connectivity index (χ1n) is 13.9. The van der Waals surface area contributed by atoms with Crippen LogP contribution in [0.2, 0.25) is 0 Å². The Morgan fingerprint density at radius 1 is 0.476 bits per heavy atom. The lowest BCUT2D eigenvalue weighted by molar-refractivity contribution is -0.703. The molecule has 2 aliphatic heterocycles. The molecule has 0 amide bonds. The summed E-state index contributed by atoms with van der Waals surface area (Å²) in [5, 5.41) is 4.40. The Morgan fingerprint density at radius 2 is 0.810 bits per heavy atom. The average molecular weight is 621 g/mol. The van der Waals surface area contributed by atoms with Crippen molar-refractivity contribution in [2.45, 2.75) is 23.1 Å². The van der Waals surface area contributed by atoms with Crippen molar-refractivity contribution in [3.8, 4) is 20.9 Å². The van der Waals surface area contributed by atoms with Crippen molar-refractivity contribution in [1.29, 1.82) is 0 Å². The molecule has 0 saturated heterocycles. The van der Waals surface area contributed by atoms with Crippen LogP contribution in [0.5, 0.6) is 0 Å². The van der Waals surface area contributed by atoms with Gasteiger partial charge < -0.3 is 25.3 Å². The fraction of sp³-hybridized carbons (Fsp3) is 0.118. The zero-order valence-corrected chi connectivity index (χ0v) is 26.1. The molecule has 4 nitrogen and oxygen atoms in total. The lowest BCUT2D eigenvalue weighted by Gasteiger charge is -2.07. The molecule has 0 saturated carbocycles. The minimum Gasteiger partial charge on any atom is -0.736 e. The first-order valence-corrected chi connectivity index (χ1v) is 16.4. The van der Waals surface area contributed by atoms with E-state index in [0.717, 1.165) is 36.2 Å². The van der Waals surface area contributed by atoms with Gasteiger partial charge in [-0.1, -0.05) is 97.1 Å². The highest BCUT2D eigenvalue weighted by Crippen LogP contribution is 2.39. The van der Waals surface area contributed by atoms with Crippen LogP contribution in [0.4, 0.5) is 21.6 Å². The predicted octanol–water partition coefficient (Wildman–Crippen LogP) is 7.52. The van der Waals surface area contributed by atoms with Crippen molar-refractivity contribution in [1.82, 2.24) is 0 Å². The summed E-state index contributed by atoms with van der Waals surface area (Å²) in [7, 11) is 0. The van der Waals surface area contributed by atoms with Gasteiger partial charge in [0.2, 0.25) is 0 Å². The molecule has 0 unspecified atom stereocenters. The lowest BCUT2D eigenvalue weighted by Crippen LogP contribution is -2.31. The molecule has 2 aliphatic rings. The van der Waals surface area contributed by atoms with Crippen LogP contribution in [0, 0.1) is 0 Å². The second-order valence-corrected chi connectivity index (χ2v) is 12.8. The van der Waals surface area contributed by atoms with Crippen LogP contribution in [0.3, 0.4) is 0 Å². The van der Waals surface area contributed by atoms with Crippen molar-refractivity contribution in [2.75, 3.05) is 22.9 Å². The quantitative estimate of drug-likeness (QED) is 0.149. The van der Waals surface area contributed by atoms with Crippen LogP contribution in [0.15, 0.2) is 131 Å². The Morgan fingerprint density at radius 3 is 1.17 bits per heavy atom. The van der Waals surface area contributed by atoms with Crippen LogP contribution < -0.4 is 18.9 Å². The molecule has 2 aromatic heterocycles. The van der Waals surface area contributed by atoms with Crippen molar-refractivity contribution in [3.63, 3.8) is 0 Å². The van der Waals surface area contributed by atoms with Gasteiger partial charge in [0.05, 0.1) is 9.75 Å². The predicted molar refractivity (Wildman–Crippen MR) is 178 cm³/mol. The van der Waals surface area contributed by atoms with E-state index in [2.05, 4.69) is 128 Å². The van der Waals surface area contributed by atoms with Crippen molar-refractivity contribution >= 4 is 69.6 Å². The number of para-hydroxylation sites is 2. The molecule has 42 heavy (non-hydrogen) atoms. The number of fused-ring (bicyclic) bond motifs is 2. The van der Waals surface area contributed by atoms with Crippen molar-refractivity contribution in [2.24, 2.45) is 0 Å². The van der Waals surface area contributed by atoms with Gasteiger partial charge in [0, 0.05) is 10.1 Å². The largest absolute Gasteiger partial charge is 0.736 e. The third-order valence-electron chi connectivity index (χ3n) is 7.49. The van der Waals surface area contributed by atoms with Crippen molar-refractivity contribution < 1.29 is 9.13 Å². The number of anilines is 4. The normalized spacial score (nSPS) is 13.4. The fourth-order valence-corrected chi connectivity index (χ4v) is 8.85. The van der Waals surface area contributed by atoms with Gasteiger partial charge in [-0.15, -0.1) is 0 Å². The summed E-state index contributed by atoms with van der Waals surface area (Å²) in [5.41, 5.74) is 4.89. The van der Waals surface area contributed by atoms with Crippen LogP contribution in [-0.4, -0.2) is 13.1 Å². The molecule has 8 rings (SSSR count). The number of hydrogen-bond acceptors (Lipinski definition) is 6. The molecule has 0 aliphatic carbocycles. The number of aromatic nitrogens is 2. The molecule has 0 N–H and O–H groups in total. The third-order valence-corrected chi connectivity index (χ3v) is 11.1. The first-order chi connectivity index (χ1) is 20.7. The second-order valence-electron chi connectivity index (χ2n) is 10.0. The Hall–Kier alpha value is -3.82. The Balaban J connectivity index is 0.000000137. The maximum Gasteiger partial charge on any atom is 0.340 e. The van der Waals surface area contributed by atoms with Gasteiger partial charge in [-0.25, -0.2) is 18.9 Å². The summed E-state index contributed by atoms with van der Waals surface area (Å²) >= 11 is 14.9. The zero-order valence-electron chi connectivity index (χ0n) is 22.8. The van der Waals surface area contributed by atoms with Crippen LogP contribution in [0.1, 0.15) is 0 Å². The van der Waals surface area contributed by atoms with E-state index in [-0.39, 0.29) is 0 Å². The Kier molecular flexibility index (Phi) is 7.61. The van der Waals surface area contributed by atoms with E-state index in [1.165, 1.54) is 42.5 Å². The molecule has 4 aromatic carbocycles. The van der Waals surface area contributed by atoms with E-state index in [1.807, 2.05) is 12.1 Å². The molecule has 8 heteroatoms. The van der Waals surface area contributed by atoms with E-state index in [1.54, 1.807) is 22.7 Å².